The quantitative estimate of drug-likeness (QED) is 0.485. The van der Waals surface area contributed by atoms with Crippen LogP contribution in [0.4, 0.5) is 0 Å². The molecule has 4 N–H and O–H groups in total. The number of carbonyl (C=O) groups excluding carboxylic acids is 2. The fourth-order valence-corrected chi connectivity index (χ4v) is 3.44. The average molecular weight is 431 g/mol. The van der Waals surface area contributed by atoms with Crippen LogP contribution in [0.3, 0.4) is 0 Å². The minimum Gasteiger partial charge on any atom is -0.465 e. The summed E-state index contributed by atoms with van der Waals surface area (Å²) in [7, 11) is 1.30. The van der Waals surface area contributed by atoms with Crippen LogP contribution >= 0.6 is 0 Å². The number of hydrogen-bond acceptors (Lipinski definition) is 8. The van der Waals surface area contributed by atoms with Gasteiger partial charge in [-0.05, 0) is 23.8 Å². The van der Waals surface area contributed by atoms with Gasteiger partial charge in [0, 0.05) is 12.5 Å². The molecular formula is C22H25NO8. The smallest absolute Gasteiger partial charge is 0.337 e. The molecule has 1 saturated heterocycles. The second-order valence-corrected chi connectivity index (χ2v) is 7.12. The van der Waals surface area contributed by atoms with Gasteiger partial charge in [-0.15, -0.1) is 0 Å². The fraction of sp³-hybridized carbons (Fsp3) is 0.364. The maximum Gasteiger partial charge on any atom is 0.337 e. The summed E-state index contributed by atoms with van der Waals surface area (Å²) in [4.78, 5) is 23.5. The van der Waals surface area contributed by atoms with Crippen LogP contribution in [0.25, 0.3) is 11.1 Å². The van der Waals surface area contributed by atoms with Gasteiger partial charge in [0.1, 0.15) is 30.1 Å². The molecule has 31 heavy (non-hydrogen) atoms. The number of aliphatic hydroxyl groups excluding tert-OH is 3. The zero-order chi connectivity index (χ0) is 22.5. The Morgan fingerprint density at radius 1 is 1.10 bits per heavy atom. The molecule has 0 unspecified atom stereocenters. The molecular weight excluding hydrogens is 406 g/mol. The van der Waals surface area contributed by atoms with Crippen molar-refractivity contribution in [3.05, 3.63) is 54.1 Å². The van der Waals surface area contributed by atoms with Gasteiger partial charge in [0.15, 0.2) is 0 Å². The summed E-state index contributed by atoms with van der Waals surface area (Å²) in [6, 6.07) is 12.6. The molecule has 0 spiro atoms. The van der Waals surface area contributed by atoms with E-state index in [1.165, 1.54) is 14.0 Å². The number of carbonyl (C=O) groups is 2. The van der Waals surface area contributed by atoms with E-state index in [-0.39, 0.29) is 0 Å². The lowest BCUT2D eigenvalue weighted by Crippen LogP contribution is -2.65. The topological polar surface area (TPSA) is 135 Å². The molecule has 1 heterocycles. The summed E-state index contributed by atoms with van der Waals surface area (Å²) in [5.74, 6) is -0.579. The molecule has 1 aliphatic heterocycles. The van der Waals surface area contributed by atoms with Gasteiger partial charge in [0.05, 0.1) is 19.3 Å². The first-order valence-electron chi connectivity index (χ1n) is 9.69. The number of hydrogen-bond donors (Lipinski definition) is 4. The number of aliphatic hydroxyl groups is 3. The second-order valence-electron chi connectivity index (χ2n) is 7.12. The molecule has 1 fully saturated rings. The van der Waals surface area contributed by atoms with Gasteiger partial charge in [-0.1, -0.05) is 30.3 Å². The van der Waals surface area contributed by atoms with Gasteiger partial charge < -0.3 is 34.8 Å². The van der Waals surface area contributed by atoms with Crippen LogP contribution in [0.5, 0.6) is 5.75 Å². The van der Waals surface area contributed by atoms with E-state index in [2.05, 4.69) is 5.32 Å². The Labute approximate surface area is 179 Å². The fourth-order valence-electron chi connectivity index (χ4n) is 3.44. The number of benzene rings is 2. The summed E-state index contributed by atoms with van der Waals surface area (Å²) in [5.41, 5.74) is 1.66. The third kappa shape index (κ3) is 5.02. The molecule has 2 aromatic carbocycles. The van der Waals surface area contributed by atoms with Crippen LogP contribution in [0.1, 0.15) is 17.3 Å². The van der Waals surface area contributed by atoms with Crippen molar-refractivity contribution in [3.63, 3.8) is 0 Å². The molecule has 1 amide bonds. The Hall–Kier alpha value is -2.98. The lowest BCUT2D eigenvalue weighted by molar-refractivity contribution is -0.244. The van der Waals surface area contributed by atoms with E-state index < -0.39 is 49.1 Å². The predicted octanol–water partition coefficient (Wildman–Crippen LogP) is 0.463. The maximum absolute atomic E-state index is 11.9. The van der Waals surface area contributed by atoms with Crippen molar-refractivity contribution in [3.8, 4) is 16.9 Å². The van der Waals surface area contributed by atoms with E-state index in [0.717, 1.165) is 0 Å². The number of ether oxygens (including phenoxy) is 3. The van der Waals surface area contributed by atoms with Crippen molar-refractivity contribution in [1.82, 2.24) is 5.32 Å². The zero-order valence-electron chi connectivity index (χ0n) is 17.1. The first kappa shape index (κ1) is 22.7. The highest BCUT2D eigenvalue weighted by Gasteiger charge is 2.46. The average Bonchev–Trinajstić information content (AvgIpc) is 2.78. The number of rotatable bonds is 6. The molecule has 3 rings (SSSR count). The van der Waals surface area contributed by atoms with Crippen molar-refractivity contribution < 1.29 is 39.1 Å². The van der Waals surface area contributed by atoms with Gasteiger partial charge in [-0.25, -0.2) is 4.79 Å². The van der Waals surface area contributed by atoms with Crippen LogP contribution in [0.15, 0.2) is 48.5 Å². The highest BCUT2D eigenvalue weighted by molar-refractivity contribution is 5.91. The van der Waals surface area contributed by atoms with Crippen molar-refractivity contribution in [1.29, 1.82) is 0 Å². The van der Waals surface area contributed by atoms with Gasteiger partial charge in [-0.3, -0.25) is 4.79 Å². The van der Waals surface area contributed by atoms with Gasteiger partial charge in [-0.2, -0.15) is 0 Å². The standard InChI is InChI=1S/C22H25NO8/c1-12(25)23-18-20(27)19(26)17(11-24)31-22(18)30-16-9-4-3-8-15(16)13-6-5-7-14(10-13)21(28)29-2/h3-10,17-20,22,24,26-27H,11H2,1-2H3,(H,23,25)/t17-,18-,19+,20-,22-/m1/s1. The lowest BCUT2D eigenvalue weighted by atomic mass is 9.96. The molecule has 5 atom stereocenters. The Balaban J connectivity index is 1.95. The van der Waals surface area contributed by atoms with Gasteiger partial charge in [0.25, 0.3) is 0 Å². The summed E-state index contributed by atoms with van der Waals surface area (Å²) in [6.45, 7) is 0.717. The third-order valence-corrected chi connectivity index (χ3v) is 4.98. The Kier molecular flexibility index (Phi) is 7.24. The normalized spacial score (nSPS) is 25.5. The monoisotopic (exact) mass is 431 g/mol. The van der Waals surface area contributed by atoms with E-state index in [0.29, 0.717) is 22.4 Å². The van der Waals surface area contributed by atoms with Crippen molar-refractivity contribution in [2.75, 3.05) is 13.7 Å². The molecule has 0 saturated carbocycles. The van der Waals surface area contributed by atoms with Crippen LogP contribution in [0, 0.1) is 0 Å². The molecule has 166 valence electrons. The highest BCUT2D eigenvalue weighted by Crippen LogP contribution is 2.33. The molecule has 9 nitrogen and oxygen atoms in total. The summed E-state index contributed by atoms with van der Waals surface area (Å²) in [5, 5.41) is 32.6. The minimum atomic E-state index is -1.42. The number of amides is 1. The largest absolute Gasteiger partial charge is 0.465 e. The molecule has 0 radical (unpaired) electrons. The van der Waals surface area contributed by atoms with Gasteiger partial charge >= 0.3 is 5.97 Å². The Morgan fingerprint density at radius 2 is 1.84 bits per heavy atom. The minimum absolute atomic E-state index is 0.352. The summed E-state index contributed by atoms with van der Waals surface area (Å²) >= 11 is 0. The van der Waals surface area contributed by atoms with Crippen LogP contribution in [0.2, 0.25) is 0 Å². The molecule has 0 aliphatic carbocycles. The third-order valence-electron chi connectivity index (χ3n) is 4.98. The van der Waals surface area contributed by atoms with E-state index in [1.54, 1.807) is 48.5 Å². The number of methoxy groups -OCH3 is 1. The zero-order valence-corrected chi connectivity index (χ0v) is 17.1. The van der Waals surface area contributed by atoms with E-state index in [1.807, 2.05) is 0 Å². The van der Waals surface area contributed by atoms with E-state index >= 15 is 0 Å². The number of esters is 1. The van der Waals surface area contributed by atoms with Gasteiger partial charge in [0.2, 0.25) is 12.2 Å². The molecule has 1 aliphatic rings. The van der Waals surface area contributed by atoms with Crippen LogP contribution < -0.4 is 10.1 Å². The Bertz CT molecular complexity index is 933. The Morgan fingerprint density at radius 3 is 2.52 bits per heavy atom. The molecule has 0 aromatic heterocycles. The SMILES string of the molecule is COC(=O)c1cccc(-c2ccccc2O[C@@H]2O[C@H](CO)[C@H](O)[C@H](O)[C@H]2NC(C)=O)c1. The number of para-hydroxylation sites is 1. The van der Waals surface area contributed by atoms with E-state index in [4.69, 9.17) is 14.2 Å². The predicted molar refractivity (Wildman–Crippen MR) is 109 cm³/mol. The van der Waals surface area contributed by atoms with Crippen molar-refractivity contribution in [2.45, 2.75) is 37.6 Å². The maximum atomic E-state index is 11.9. The second kappa shape index (κ2) is 9.88. The van der Waals surface area contributed by atoms with E-state index in [9.17, 15) is 24.9 Å². The number of nitrogens with one attached hydrogen (secondary N) is 1. The lowest BCUT2D eigenvalue weighted by Gasteiger charge is -2.42. The summed E-state index contributed by atoms with van der Waals surface area (Å²) < 4.78 is 16.4. The molecule has 0 bridgehead atoms. The molecule has 9 heteroatoms. The van der Waals surface area contributed by atoms with Crippen molar-refractivity contribution in [2.24, 2.45) is 0 Å². The van der Waals surface area contributed by atoms with Crippen LogP contribution in [-0.2, 0) is 14.3 Å². The summed E-state index contributed by atoms with van der Waals surface area (Å²) in [6.07, 6.45) is -5.12. The highest BCUT2D eigenvalue weighted by atomic mass is 16.7. The molecule has 2 aromatic rings. The first-order valence-corrected chi connectivity index (χ1v) is 9.69. The van der Waals surface area contributed by atoms with Crippen molar-refractivity contribution >= 4 is 11.9 Å². The van der Waals surface area contributed by atoms with Crippen LogP contribution in [-0.4, -0.2) is 71.6 Å². The first-order chi connectivity index (χ1) is 14.8.